The largest absolute Gasteiger partial charge is 0.453 e. The van der Waals surface area contributed by atoms with Crippen molar-refractivity contribution in [3.63, 3.8) is 0 Å². The number of benzene rings is 1. The maximum Gasteiger partial charge on any atom is 0.415 e. The fourth-order valence-electron chi connectivity index (χ4n) is 2.58. The molecule has 0 fully saturated rings. The average Bonchev–Trinajstić information content (AvgIpc) is 3.48. The second-order valence-electron chi connectivity index (χ2n) is 6.39. The lowest BCUT2D eigenvalue weighted by molar-refractivity contribution is 0.159. The van der Waals surface area contributed by atoms with Crippen LogP contribution in [0, 0.1) is 0 Å². The summed E-state index contributed by atoms with van der Waals surface area (Å²) in [7, 11) is 1.53. The molecule has 1 aliphatic heterocycles. The number of nitrogens with zero attached hydrogens (tertiary/aromatic N) is 3. The Morgan fingerprint density at radius 1 is 1.28 bits per heavy atom. The Balaban J connectivity index is 1.27. The molecule has 4 rings (SSSR count). The molecule has 10 nitrogen and oxygen atoms in total. The summed E-state index contributed by atoms with van der Waals surface area (Å²) in [5.74, 6) is 1.38. The molecule has 2 aromatic heterocycles. The quantitative estimate of drug-likeness (QED) is 0.493. The molecule has 14 heteroatoms. The molecule has 0 spiro atoms. The molecule has 32 heavy (non-hydrogen) atoms. The Hall–Kier alpha value is -2.80. The first-order valence-corrected chi connectivity index (χ1v) is 11.4. The van der Waals surface area contributed by atoms with Crippen molar-refractivity contribution in [3.8, 4) is 17.2 Å². The number of amides is 3. The van der Waals surface area contributed by atoms with Crippen LogP contribution in [-0.2, 0) is 13.1 Å². The Morgan fingerprint density at radius 2 is 2.12 bits per heavy atom. The molecule has 2 N–H and O–H groups in total. The predicted molar refractivity (Wildman–Crippen MR) is 120 cm³/mol. The Kier molecular flexibility index (Phi) is 6.84. The lowest BCUT2D eigenvalue weighted by Crippen LogP contribution is -2.30. The molecule has 3 heterocycles. The van der Waals surface area contributed by atoms with Crippen molar-refractivity contribution in [2.24, 2.45) is 0 Å². The van der Waals surface area contributed by atoms with Crippen molar-refractivity contribution < 1.29 is 23.8 Å². The van der Waals surface area contributed by atoms with Crippen LogP contribution in [0.25, 0.3) is 0 Å². The SMILES string of the molecule is CN(Cc1nsc(NC(=O)NCc2ccc(Cl)s2)n1)C(=O)Oc1cc(Cl)c2c(c1)OCO2. The zero-order chi connectivity index (χ0) is 22.7. The molecule has 1 aliphatic rings. The molecule has 0 saturated heterocycles. The van der Waals surface area contributed by atoms with E-state index in [1.54, 1.807) is 6.07 Å². The van der Waals surface area contributed by atoms with Crippen molar-refractivity contribution in [1.82, 2.24) is 19.6 Å². The van der Waals surface area contributed by atoms with Crippen molar-refractivity contribution in [2.75, 3.05) is 19.2 Å². The smallest absolute Gasteiger partial charge is 0.415 e. The van der Waals surface area contributed by atoms with Gasteiger partial charge in [-0.15, -0.1) is 11.3 Å². The number of halogens is 2. The lowest BCUT2D eigenvalue weighted by Gasteiger charge is -2.15. The number of anilines is 1. The number of rotatable bonds is 6. The molecule has 0 aliphatic carbocycles. The third-order valence-electron chi connectivity index (χ3n) is 4.04. The molecule has 0 saturated carbocycles. The fourth-order valence-corrected chi connectivity index (χ4v) is 4.44. The predicted octanol–water partition coefficient (Wildman–Crippen LogP) is 4.59. The molecule has 168 valence electrons. The summed E-state index contributed by atoms with van der Waals surface area (Å²) < 4.78 is 20.6. The van der Waals surface area contributed by atoms with Crippen molar-refractivity contribution in [3.05, 3.63) is 44.3 Å². The first kappa shape index (κ1) is 22.4. The highest BCUT2D eigenvalue weighted by Crippen LogP contribution is 2.42. The fraction of sp³-hybridized carbons (Fsp3) is 0.222. The number of hydrogen-bond donors (Lipinski definition) is 2. The zero-order valence-electron chi connectivity index (χ0n) is 16.4. The third-order valence-corrected chi connectivity index (χ3v) is 6.22. The molecule has 0 bridgehead atoms. The molecule has 3 aromatic rings. The van der Waals surface area contributed by atoms with Gasteiger partial charge < -0.3 is 24.4 Å². The topological polar surface area (TPSA) is 115 Å². The summed E-state index contributed by atoms with van der Waals surface area (Å²) >= 11 is 14.3. The van der Waals surface area contributed by atoms with E-state index in [1.807, 2.05) is 6.07 Å². The highest BCUT2D eigenvalue weighted by atomic mass is 35.5. The second-order valence-corrected chi connectivity index (χ2v) is 9.35. The minimum atomic E-state index is -0.642. The van der Waals surface area contributed by atoms with Gasteiger partial charge in [-0.25, -0.2) is 14.6 Å². The molecular formula is C18H15Cl2N5O5S2. The average molecular weight is 516 g/mol. The summed E-state index contributed by atoms with van der Waals surface area (Å²) in [6.45, 7) is 0.469. The van der Waals surface area contributed by atoms with Crippen LogP contribution in [0.5, 0.6) is 17.2 Å². The van der Waals surface area contributed by atoms with E-state index in [9.17, 15) is 9.59 Å². The van der Waals surface area contributed by atoms with Gasteiger partial charge in [0, 0.05) is 35.6 Å². The summed E-state index contributed by atoms with van der Waals surface area (Å²) in [4.78, 5) is 30.8. The van der Waals surface area contributed by atoms with Crippen LogP contribution in [0.1, 0.15) is 10.7 Å². The van der Waals surface area contributed by atoms with Crippen LogP contribution in [0.4, 0.5) is 14.7 Å². The van der Waals surface area contributed by atoms with Gasteiger partial charge in [-0.3, -0.25) is 5.32 Å². The van der Waals surface area contributed by atoms with Crippen LogP contribution >= 0.6 is 46.1 Å². The van der Waals surface area contributed by atoms with Crippen LogP contribution in [0.2, 0.25) is 9.36 Å². The first-order chi connectivity index (χ1) is 15.4. The standard InChI is InChI=1S/C18H15Cl2N5O5S2/c1-25(18(27)30-9-4-11(19)15-12(5-9)28-8-29-15)7-14-22-17(32-24-14)23-16(26)21-6-10-2-3-13(20)31-10/h2-5H,6-8H2,1H3,(H2,21,22,23,24,26). The van der Waals surface area contributed by atoms with Gasteiger partial charge in [0.25, 0.3) is 0 Å². The van der Waals surface area contributed by atoms with E-state index >= 15 is 0 Å². The summed E-state index contributed by atoms with van der Waals surface area (Å²) in [6.07, 6.45) is -0.642. The molecule has 0 radical (unpaired) electrons. The number of thiophene rings is 1. The minimum Gasteiger partial charge on any atom is -0.453 e. The molecule has 0 unspecified atom stereocenters. The normalized spacial score (nSPS) is 11.8. The van der Waals surface area contributed by atoms with E-state index in [-0.39, 0.29) is 24.1 Å². The number of fused-ring (bicyclic) bond motifs is 1. The van der Waals surface area contributed by atoms with Gasteiger partial charge in [-0.05, 0) is 12.1 Å². The van der Waals surface area contributed by atoms with Crippen LogP contribution < -0.4 is 24.8 Å². The van der Waals surface area contributed by atoms with Crippen molar-refractivity contribution in [1.29, 1.82) is 0 Å². The second kappa shape index (κ2) is 9.77. The number of nitrogens with one attached hydrogen (secondary N) is 2. The Bertz CT molecular complexity index is 1150. The van der Waals surface area contributed by atoms with E-state index in [0.29, 0.717) is 33.3 Å². The van der Waals surface area contributed by atoms with Gasteiger partial charge in [0.1, 0.15) is 5.75 Å². The maximum absolute atomic E-state index is 12.4. The molecular weight excluding hydrogens is 501 g/mol. The summed E-state index contributed by atoms with van der Waals surface area (Å²) in [6, 6.07) is 6.16. The Labute approximate surface area is 200 Å². The van der Waals surface area contributed by atoms with Gasteiger partial charge in [0.05, 0.1) is 22.4 Å². The van der Waals surface area contributed by atoms with E-state index in [0.717, 1.165) is 16.4 Å². The molecule has 3 amide bonds. The zero-order valence-corrected chi connectivity index (χ0v) is 19.5. The summed E-state index contributed by atoms with van der Waals surface area (Å²) in [5.41, 5.74) is 0. The van der Waals surface area contributed by atoms with Crippen LogP contribution in [0.3, 0.4) is 0 Å². The van der Waals surface area contributed by atoms with Crippen LogP contribution in [0.15, 0.2) is 24.3 Å². The maximum atomic E-state index is 12.4. The monoisotopic (exact) mass is 515 g/mol. The minimum absolute atomic E-state index is 0.0542. The number of aromatic nitrogens is 2. The van der Waals surface area contributed by atoms with Gasteiger partial charge in [-0.1, -0.05) is 23.2 Å². The van der Waals surface area contributed by atoms with E-state index in [2.05, 4.69) is 20.0 Å². The number of ether oxygens (including phenoxy) is 3. The number of hydrogen-bond acceptors (Lipinski definition) is 9. The number of carbonyl (C=O) groups is 2. The van der Waals surface area contributed by atoms with Crippen molar-refractivity contribution in [2.45, 2.75) is 13.1 Å². The molecule has 1 aromatic carbocycles. The lowest BCUT2D eigenvalue weighted by atomic mass is 10.3. The number of urea groups is 1. The molecule has 0 atom stereocenters. The first-order valence-electron chi connectivity index (χ1n) is 9.01. The van der Waals surface area contributed by atoms with Gasteiger partial charge in [0.15, 0.2) is 17.3 Å². The summed E-state index contributed by atoms with van der Waals surface area (Å²) in [5, 5.41) is 5.89. The van der Waals surface area contributed by atoms with Gasteiger partial charge >= 0.3 is 12.1 Å². The highest BCUT2D eigenvalue weighted by molar-refractivity contribution is 7.16. The van der Waals surface area contributed by atoms with E-state index in [1.165, 1.54) is 35.4 Å². The Morgan fingerprint density at radius 3 is 2.91 bits per heavy atom. The van der Waals surface area contributed by atoms with Crippen LogP contribution in [-0.4, -0.2) is 40.2 Å². The van der Waals surface area contributed by atoms with E-state index in [4.69, 9.17) is 37.4 Å². The van der Waals surface area contributed by atoms with Gasteiger partial charge in [-0.2, -0.15) is 4.37 Å². The van der Waals surface area contributed by atoms with E-state index < -0.39 is 12.1 Å². The van der Waals surface area contributed by atoms with Crippen molar-refractivity contribution >= 4 is 63.3 Å². The van der Waals surface area contributed by atoms with Gasteiger partial charge in [0.2, 0.25) is 11.9 Å². The third kappa shape index (κ3) is 5.51. The number of carbonyl (C=O) groups excluding carboxylic acids is 2. The highest BCUT2D eigenvalue weighted by Gasteiger charge is 2.21.